The van der Waals surface area contributed by atoms with E-state index in [4.69, 9.17) is 8.83 Å². The Morgan fingerprint density at radius 3 is 2.17 bits per heavy atom. The molecule has 150 valence electrons. The first-order chi connectivity index (χ1) is 13.5. The fraction of sp³-hybridized carbons (Fsp3) is 0.0588. The van der Waals surface area contributed by atoms with E-state index < -0.39 is 30.0 Å². The van der Waals surface area contributed by atoms with Crippen molar-refractivity contribution in [1.29, 1.82) is 0 Å². The molecule has 2 aromatic carbocycles. The molecule has 0 saturated carbocycles. The summed E-state index contributed by atoms with van der Waals surface area (Å²) in [6.07, 6.45) is 2.76. The zero-order valence-corrected chi connectivity index (χ0v) is 16.2. The molecule has 10 nitrogen and oxygen atoms in total. The van der Waals surface area contributed by atoms with Crippen molar-refractivity contribution < 1.29 is 34.8 Å². The fourth-order valence-corrected chi connectivity index (χ4v) is 3.94. The van der Waals surface area contributed by atoms with Gasteiger partial charge < -0.3 is 8.83 Å². The van der Waals surface area contributed by atoms with E-state index in [0.717, 1.165) is 11.6 Å². The summed E-state index contributed by atoms with van der Waals surface area (Å²) < 4.78 is 75.4. The summed E-state index contributed by atoms with van der Waals surface area (Å²) >= 11 is 0. The molecular formula is C17H12N2O8S2. The molecule has 2 heterocycles. The van der Waals surface area contributed by atoms with E-state index >= 15 is 0 Å². The molecule has 0 unspecified atom stereocenters. The molecule has 4 aromatic rings. The van der Waals surface area contributed by atoms with E-state index in [2.05, 4.69) is 9.97 Å². The second kappa shape index (κ2) is 6.49. The predicted molar refractivity (Wildman–Crippen MR) is 101 cm³/mol. The maximum atomic E-state index is 11.6. The number of aromatic nitrogens is 2. The molecule has 12 heteroatoms. The van der Waals surface area contributed by atoms with Gasteiger partial charge in [-0.3, -0.25) is 9.11 Å². The highest BCUT2D eigenvalue weighted by Gasteiger charge is 2.23. The van der Waals surface area contributed by atoms with E-state index in [0.29, 0.717) is 17.2 Å². The molecule has 0 aliphatic rings. The predicted octanol–water partition coefficient (Wildman–Crippen LogP) is 2.94. The van der Waals surface area contributed by atoms with Gasteiger partial charge in [0, 0.05) is 18.2 Å². The zero-order chi connectivity index (χ0) is 21.0. The molecule has 0 bridgehead atoms. The van der Waals surface area contributed by atoms with Crippen LogP contribution in [0, 0.1) is 6.92 Å². The topological polar surface area (TPSA) is 161 Å². The van der Waals surface area contributed by atoms with Crippen LogP contribution in [0.3, 0.4) is 0 Å². The summed E-state index contributed by atoms with van der Waals surface area (Å²) in [5.41, 5.74) is 1.65. The molecule has 0 radical (unpaired) electrons. The van der Waals surface area contributed by atoms with Crippen molar-refractivity contribution >= 4 is 54.6 Å². The number of fused-ring (bicyclic) bond motifs is 2. The van der Waals surface area contributed by atoms with Crippen molar-refractivity contribution in [1.82, 2.24) is 9.97 Å². The highest BCUT2D eigenvalue weighted by atomic mass is 32.2. The lowest BCUT2D eigenvalue weighted by Crippen LogP contribution is -2.04. The van der Waals surface area contributed by atoms with Crippen LogP contribution < -0.4 is 0 Å². The van der Waals surface area contributed by atoms with Gasteiger partial charge in [-0.1, -0.05) is 6.07 Å². The van der Waals surface area contributed by atoms with Crippen LogP contribution in [0.25, 0.3) is 34.4 Å². The molecule has 0 atom stereocenters. The van der Waals surface area contributed by atoms with Gasteiger partial charge in [0.25, 0.3) is 20.2 Å². The van der Waals surface area contributed by atoms with Crippen molar-refractivity contribution in [3.63, 3.8) is 0 Å². The van der Waals surface area contributed by atoms with Crippen LogP contribution in [0.5, 0.6) is 0 Å². The maximum absolute atomic E-state index is 11.6. The first-order valence-corrected chi connectivity index (χ1v) is 10.8. The van der Waals surface area contributed by atoms with Crippen LogP contribution in [0.1, 0.15) is 17.3 Å². The lowest BCUT2D eigenvalue weighted by molar-refractivity contribution is 0.481. The standard InChI is InChI=1S/C17H12N2O8S2/c1-9-2-3-11-12(6-9)26-15(18-11)4-5-16-19-17-13(27-16)7-10(28(20,21)22)8-14(17)29(23,24)25/h2-8H,1H3,(H,20,21,22)(H,23,24,25)/b5-4+. The van der Waals surface area contributed by atoms with Crippen LogP contribution in [-0.2, 0) is 20.2 Å². The number of benzene rings is 2. The maximum Gasteiger partial charge on any atom is 0.296 e. The van der Waals surface area contributed by atoms with Crippen LogP contribution in [0.15, 0.2) is 49.0 Å². The first kappa shape index (κ1) is 19.3. The van der Waals surface area contributed by atoms with Crippen molar-refractivity contribution in [2.75, 3.05) is 0 Å². The number of hydrogen-bond acceptors (Lipinski definition) is 8. The molecule has 0 amide bonds. The van der Waals surface area contributed by atoms with Gasteiger partial charge in [-0.05, 0) is 30.7 Å². The van der Waals surface area contributed by atoms with Gasteiger partial charge in [-0.2, -0.15) is 16.8 Å². The number of nitrogens with zero attached hydrogens (tertiary/aromatic N) is 2. The Morgan fingerprint density at radius 1 is 0.862 bits per heavy atom. The van der Waals surface area contributed by atoms with Crippen molar-refractivity contribution in [2.45, 2.75) is 16.7 Å². The Hall–Kier alpha value is -3.06. The van der Waals surface area contributed by atoms with Crippen LogP contribution in [-0.4, -0.2) is 35.9 Å². The summed E-state index contributed by atoms with van der Waals surface area (Å²) in [6, 6.07) is 6.97. The Balaban J connectivity index is 1.81. The normalized spacial score (nSPS) is 13.1. The van der Waals surface area contributed by atoms with Gasteiger partial charge in [-0.15, -0.1) is 0 Å². The second-order valence-electron chi connectivity index (χ2n) is 6.13. The van der Waals surface area contributed by atoms with Gasteiger partial charge >= 0.3 is 0 Å². The number of oxazole rings is 2. The van der Waals surface area contributed by atoms with Gasteiger partial charge in [0.2, 0.25) is 11.8 Å². The minimum absolute atomic E-state index is 0.101. The van der Waals surface area contributed by atoms with E-state index in [1.807, 2.05) is 19.1 Å². The van der Waals surface area contributed by atoms with Crippen LogP contribution in [0.2, 0.25) is 0 Å². The average molecular weight is 436 g/mol. The molecule has 4 rings (SSSR count). The lowest BCUT2D eigenvalue weighted by Gasteiger charge is -2.01. The fourth-order valence-electron chi connectivity index (χ4n) is 2.67. The SMILES string of the molecule is Cc1ccc2nc(/C=C/c3nc4c(S(=O)(=O)O)cc(S(=O)(=O)O)cc4o3)oc2c1. The third-order valence-electron chi connectivity index (χ3n) is 3.95. The molecule has 0 spiro atoms. The number of rotatable bonds is 4. The lowest BCUT2D eigenvalue weighted by atomic mass is 10.2. The van der Waals surface area contributed by atoms with E-state index in [9.17, 15) is 25.9 Å². The number of hydrogen-bond donors (Lipinski definition) is 2. The minimum Gasteiger partial charge on any atom is -0.437 e. The number of aryl methyl sites for hydroxylation is 1. The van der Waals surface area contributed by atoms with Crippen molar-refractivity contribution in [3.8, 4) is 0 Å². The largest absolute Gasteiger partial charge is 0.437 e. The second-order valence-corrected chi connectivity index (χ2v) is 8.94. The summed E-state index contributed by atoms with van der Waals surface area (Å²) in [4.78, 5) is 6.62. The van der Waals surface area contributed by atoms with Gasteiger partial charge in [0.05, 0.1) is 4.90 Å². The third kappa shape index (κ3) is 3.78. The van der Waals surface area contributed by atoms with Gasteiger partial charge in [0.15, 0.2) is 11.2 Å². The average Bonchev–Trinajstić information content (AvgIpc) is 3.19. The Morgan fingerprint density at radius 2 is 1.52 bits per heavy atom. The molecular weight excluding hydrogens is 424 g/mol. The summed E-state index contributed by atoms with van der Waals surface area (Å²) in [6.45, 7) is 1.91. The van der Waals surface area contributed by atoms with E-state index in [1.54, 1.807) is 6.07 Å². The van der Waals surface area contributed by atoms with E-state index in [1.165, 1.54) is 12.2 Å². The quantitative estimate of drug-likeness (QED) is 0.455. The van der Waals surface area contributed by atoms with Crippen molar-refractivity contribution in [3.05, 3.63) is 47.7 Å². The first-order valence-electron chi connectivity index (χ1n) is 7.95. The Bertz CT molecular complexity index is 1510. The highest BCUT2D eigenvalue weighted by Crippen LogP contribution is 2.28. The molecule has 0 aliphatic heterocycles. The molecule has 0 aliphatic carbocycles. The van der Waals surface area contributed by atoms with Crippen molar-refractivity contribution in [2.24, 2.45) is 0 Å². The summed E-state index contributed by atoms with van der Waals surface area (Å²) in [5, 5.41) is 0. The third-order valence-corrected chi connectivity index (χ3v) is 5.65. The monoisotopic (exact) mass is 436 g/mol. The molecule has 2 aromatic heterocycles. The molecule has 29 heavy (non-hydrogen) atoms. The summed E-state index contributed by atoms with van der Waals surface area (Å²) in [5.74, 6) is 0.136. The van der Waals surface area contributed by atoms with Crippen LogP contribution >= 0.6 is 0 Å². The Kier molecular flexibility index (Phi) is 4.31. The smallest absolute Gasteiger partial charge is 0.296 e. The van der Waals surface area contributed by atoms with E-state index in [-0.39, 0.29) is 22.9 Å². The molecule has 2 N–H and O–H groups in total. The van der Waals surface area contributed by atoms with Gasteiger partial charge in [0.1, 0.15) is 15.9 Å². The van der Waals surface area contributed by atoms with Crippen LogP contribution in [0.4, 0.5) is 0 Å². The zero-order valence-electron chi connectivity index (χ0n) is 14.6. The molecule has 0 fully saturated rings. The Labute approximate surface area is 164 Å². The minimum atomic E-state index is -4.84. The van der Waals surface area contributed by atoms with Gasteiger partial charge in [-0.25, -0.2) is 9.97 Å². The summed E-state index contributed by atoms with van der Waals surface area (Å²) in [7, 11) is -9.59. The highest BCUT2D eigenvalue weighted by molar-refractivity contribution is 7.86. The molecule has 0 saturated heterocycles.